The number of fused-ring (bicyclic) bond motifs is 1. The van der Waals surface area contributed by atoms with Crippen LogP contribution in [0.5, 0.6) is 5.88 Å². The van der Waals surface area contributed by atoms with Crippen molar-refractivity contribution in [1.29, 1.82) is 0 Å². The van der Waals surface area contributed by atoms with Gasteiger partial charge in [0.05, 0.1) is 63.7 Å². The molecule has 2 fully saturated rings. The molecular formula is C50H58F3N7O10. The van der Waals surface area contributed by atoms with Gasteiger partial charge < -0.3 is 44.1 Å². The van der Waals surface area contributed by atoms with E-state index in [0.29, 0.717) is 99.6 Å². The molecule has 17 nitrogen and oxygen atoms in total. The zero-order valence-electron chi connectivity index (χ0n) is 39.1. The van der Waals surface area contributed by atoms with E-state index in [0.717, 1.165) is 61.1 Å². The number of piperidine rings is 1. The Hall–Kier alpha value is -6.48. The maximum atomic E-state index is 13.3. The van der Waals surface area contributed by atoms with Crippen molar-refractivity contribution in [1.82, 2.24) is 25.5 Å². The summed E-state index contributed by atoms with van der Waals surface area (Å²) in [5, 5.41) is 7.88. The summed E-state index contributed by atoms with van der Waals surface area (Å²) in [5.74, 6) is -1.39. The summed E-state index contributed by atoms with van der Waals surface area (Å²) in [6, 6.07) is 12.9. The van der Waals surface area contributed by atoms with Gasteiger partial charge in [0.25, 0.3) is 11.8 Å². The van der Waals surface area contributed by atoms with E-state index in [1.54, 1.807) is 30.2 Å². The number of alkyl halides is 3. The van der Waals surface area contributed by atoms with Crippen LogP contribution in [0.3, 0.4) is 0 Å². The minimum atomic E-state index is -4.58. The molecule has 3 N–H and O–H groups in total. The Kier molecular flexibility index (Phi) is 18.3. The Labute approximate surface area is 403 Å². The fourth-order valence-electron chi connectivity index (χ4n) is 8.42. The molecule has 0 saturated carbocycles. The maximum absolute atomic E-state index is 13.3. The molecule has 2 saturated heterocycles. The number of amides is 5. The number of anilines is 2. The second-order valence-electron chi connectivity index (χ2n) is 17.0. The molecule has 2 aromatic heterocycles. The van der Waals surface area contributed by atoms with Crippen LogP contribution >= 0.6 is 0 Å². The molecule has 2 aromatic carbocycles. The normalized spacial score (nSPS) is 16.0. The summed E-state index contributed by atoms with van der Waals surface area (Å²) in [6.07, 6.45) is 3.49. The highest BCUT2D eigenvalue weighted by Gasteiger charge is 2.39. The third-order valence-electron chi connectivity index (χ3n) is 12.1. The molecule has 0 radical (unpaired) electrons. The number of nitrogens with zero attached hydrogens (tertiary/aromatic N) is 4. The lowest BCUT2D eigenvalue weighted by Gasteiger charge is -2.30. The molecule has 5 amide bonds. The number of morpholine rings is 1. The predicted molar refractivity (Wildman–Crippen MR) is 250 cm³/mol. The minimum absolute atomic E-state index is 0.0696. The quantitative estimate of drug-likeness (QED) is 0.0574. The molecule has 5 heterocycles. The molecule has 70 heavy (non-hydrogen) atoms. The van der Waals surface area contributed by atoms with Gasteiger partial charge in [-0.05, 0) is 80.1 Å². The summed E-state index contributed by atoms with van der Waals surface area (Å²) in [6.45, 7) is 6.57. The molecule has 374 valence electrons. The van der Waals surface area contributed by atoms with Gasteiger partial charge in [0.2, 0.25) is 23.6 Å². The zero-order chi connectivity index (χ0) is 49.5. The van der Waals surface area contributed by atoms with Gasteiger partial charge in [-0.2, -0.15) is 13.2 Å². The number of rotatable bonds is 24. The van der Waals surface area contributed by atoms with Crippen molar-refractivity contribution in [2.45, 2.75) is 70.6 Å². The summed E-state index contributed by atoms with van der Waals surface area (Å²) < 4.78 is 68.1. The van der Waals surface area contributed by atoms with Gasteiger partial charge in [-0.1, -0.05) is 31.0 Å². The van der Waals surface area contributed by atoms with Gasteiger partial charge in [0.1, 0.15) is 24.9 Å². The molecule has 0 spiro atoms. The van der Waals surface area contributed by atoms with Crippen molar-refractivity contribution >= 4 is 40.9 Å². The SMILES string of the molecule is Cc1ncc(NC(=O)c2cccc(C(F)(F)F)c2)cc1-c1cnc(OCCOCCOCCOCC(=O)NCCCCCCc2cccc3c2CN(C2CCC(=O)NC2=O)C3=O)c(N2CCOCC2)c1. The molecule has 3 aliphatic heterocycles. The highest BCUT2D eigenvalue weighted by atomic mass is 19.4. The minimum Gasteiger partial charge on any atom is -0.474 e. The number of hydrogen-bond acceptors (Lipinski definition) is 13. The van der Waals surface area contributed by atoms with Crippen LogP contribution in [0.15, 0.2) is 67.0 Å². The number of nitrogens with one attached hydrogen (secondary N) is 3. The summed E-state index contributed by atoms with van der Waals surface area (Å²) in [5.41, 5.74) is 4.68. The van der Waals surface area contributed by atoms with Crippen LogP contribution in [-0.4, -0.2) is 130 Å². The van der Waals surface area contributed by atoms with E-state index < -0.39 is 29.6 Å². The van der Waals surface area contributed by atoms with Crippen molar-refractivity contribution in [3.63, 3.8) is 0 Å². The van der Waals surface area contributed by atoms with E-state index in [9.17, 15) is 37.1 Å². The molecular weight excluding hydrogens is 916 g/mol. The molecule has 7 rings (SSSR count). The van der Waals surface area contributed by atoms with E-state index >= 15 is 0 Å². The standard InChI is InChI=1S/C50H58F3N7O10/c1-33-40(28-38(30-55-33)57-46(63)35-10-6-11-37(26-35)50(51,52)53)36-27-43(59-16-18-66-19-17-59)48(56-29-36)70-25-24-68-21-20-67-22-23-69-32-45(62)54-15-5-3-2-4-8-34-9-7-12-39-41(34)31-60(49(39)65)42-13-14-44(61)58-47(42)64/h6-7,9-12,26-30,42H,2-5,8,13-25,31-32H2,1H3,(H,54,62)(H,57,63)(H,58,61,64). The number of unbranched alkanes of at least 4 members (excludes halogenated alkanes) is 3. The van der Waals surface area contributed by atoms with Crippen LogP contribution in [0.2, 0.25) is 0 Å². The van der Waals surface area contributed by atoms with Crippen LogP contribution in [0.4, 0.5) is 24.5 Å². The summed E-state index contributed by atoms with van der Waals surface area (Å²) in [7, 11) is 0. The first-order chi connectivity index (χ1) is 33.9. The van der Waals surface area contributed by atoms with E-state index in [1.165, 1.54) is 18.3 Å². The third kappa shape index (κ3) is 14.1. The number of imide groups is 1. The number of carbonyl (C=O) groups is 5. The third-order valence-corrected chi connectivity index (χ3v) is 12.1. The first kappa shape index (κ1) is 51.4. The number of aromatic nitrogens is 2. The molecule has 0 aliphatic carbocycles. The van der Waals surface area contributed by atoms with E-state index in [2.05, 4.69) is 30.8 Å². The van der Waals surface area contributed by atoms with E-state index in [1.807, 2.05) is 18.2 Å². The fraction of sp³-hybridized carbons (Fsp3) is 0.460. The van der Waals surface area contributed by atoms with Crippen molar-refractivity contribution in [2.75, 3.05) is 89.3 Å². The topological polar surface area (TPSA) is 200 Å². The number of ether oxygens (including phenoxy) is 5. The van der Waals surface area contributed by atoms with Crippen molar-refractivity contribution in [3.8, 4) is 17.0 Å². The molecule has 3 aliphatic rings. The summed E-state index contributed by atoms with van der Waals surface area (Å²) in [4.78, 5) is 75.0. The molecule has 0 bridgehead atoms. The largest absolute Gasteiger partial charge is 0.474 e. The predicted octanol–water partition coefficient (Wildman–Crippen LogP) is 5.67. The van der Waals surface area contributed by atoms with Crippen molar-refractivity contribution in [3.05, 3.63) is 101 Å². The number of pyridine rings is 2. The average molecular weight is 974 g/mol. The number of hydrogen-bond donors (Lipinski definition) is 3. The lowest BCUT2D eigenvalue weighted by atomic mass is 9.98. The average Bonchev–Trinajstić information content (AvgIpc) is 3.69. The van der Waals surface area contributed by atoms with Gasteiger partial charge in [0.15, 0.2) is 0 Å². The lowest BCUT2D eigenvalue weighted by molar-refractivity contribution is -0.138. The van der Waals surface area contributed by atoms with Crippen molar-refractivity contribution < 1.29 is 60.8 Å². The Morgan fingerprint density at radius 1 is 0.857 bits per heavy atom. The second kappa shape index (κ2) is 24.9. The highest BCUT2D eigenvalue weighted by Crippen LogP contribution is 2.35. The van der Waals surface area contributed by atoms with Crippen LogP contribution < -0.4 is 25.6 Å². The van der Waals surface area contributed by atoms with Gasteiger partial charge >= 0.3 is 6.18 Å². The van der Waals surface area contributed by atoms with E-state index in [4.69, 9.17) is 23.7 Å². The number of aryl methyl sites for hydroxylation is 2. The molecule has 20 heteroatoms. The fourth-order valence-corrected chi connectivity index (χ4v) is 8.42. The monoisotopic (exact) mass is 973 g/mol. The Morgan fingerprint density at radius 3 is 2.37 bits per heavy atom. The second-order valence-corrected chi connectivity index (χ2v) is 17.0. The Morgan fingerprint density at radius 2 is 1.60 bits per heavy atom. The van der Waals surface area contributed by atoms with Crippen LogP contribution in [-0.2, 0) is 52.5 Å². The number of benzene rings is 2. The Balaban J connectivity index is 0.743. The van der Waals surface area contributed by atoms with Crippen molar-refractivity contribution in [2.24, 2.45) is 0 Å². The zero-order valence-corrected chi connectivity index (χ0v) is 39.1. The highest BCUT2D eigenvalue weighted by molar-refractivity contribution is 6.06. The van der Waals surface area contributed by atoms with Gasteiger partial charge in [-0.25, -0.2) is 4.98 Å². The molecule has 4 aromatic rings. The van der Waals surface area contributed by atoms with Gasteiger partial charge in [0, 0.05) is 66.7 Å². The maximum Gasteiger partial charge on any atom is 0.416 e. The number of halogens is 3. The molecule has 1 atom stereocenters. The van der Waals surface area contributed by atoms with Crippen LogP contribution in [0, 0.1) is 6.92 Å². The lowest BCUT2D eigenvalue weighted by Crippen LogP contribution is -2.52. The smallest absolute Gasteiger partial charge is 0.416 e. The van der Waals surface area contributed by atoms with Gasteiger partial charge in [-0.3, -0.25) is 34.3 Å². The van der Waals surface area contributed by atoms with Crippen LogP contribution in [0.1, 0.15) is 81.6 Å². The van der Waals surface area contributed by atoms with Gasteiger partial charge in [-0.15, -0.1) is 0 Å². The number of carbonyl (C=O) groups excluding carboxylic acids is 5. The van der Waals surface area contributed by atoms with E-state index in [-0.39, 0.29) is 56.1 Å². The molecule has 1 unspecified atom stereocenters. The first-order valence-corrected chi connectivity index (χ1v) is 23.5. The first-order valence-electron chi connectivity index (χ1n) is 23.5. The van der Waals surface area contributed by atoms with Crippen LogP contribution in [0.25, 0.3) is 11.1 Å². The summed E-state index contributed by atoms with van der Waals surface area (Å²) >= 11 is 0. The Bertz CT molecular complexity index is 2490.